The Balaban J connectivity index is 2.08. The summed E-state index contributed by atoms with van der Waals surface area (Å²) in [5.41, 5.74) is 7.18. The van der Waals surface area contributed by atoms with Crippen LogP contribution < -0.4 is 5.73 Å². The second kappa shape index (κ2) is 3.23. The Kier molecular flexibility index (Phi) is 2.07. The highest BCUT2D eigenvalue weighted by atomic mass is 14.9. The molecule has 1 fully saturated rings. The first kappa shape index (κ1) is 8.33. The van der Waals surface area contributed by atoms with Crippen molar-refractivity contribution in [2.75, 3.05) is 0 Å². The molecule has 2 rings (SSSR count). The van der Waals surface area contributed by atoms with Gasteiger partial charge in [-0.05, 0) is 30.4 Å². The van der Waals surface area contributed by atoms with Crippen LogP contribution in [0.5, 0.6) is 0 Å². The summed E-state index contributed by atoms with van der Waals surface area (Å²) in [6.07, 6.45) is 6.40. The van der Waals surface area contributed by atoms with Crippen molar-refractivity contribution in [2.24, 2.45) is 11.7 Å². The zero-order chi connectivity index (χ0) is 9.26. The molecule has 1 heterocycles. The molecule has 0 spiro atoms. The average Bonchev–Trinajstić information content (AvgIpc) is 2.87. The number of nitrogens with two attached hydrogens (primary N) is 1. The summed E-state index contributed by atoms with van der Waals surface area (Å²) < 4.78 is 1.87. The number of nitriles is 1. The highest BCUT2D eigenvalue weighted by Crippen LogP contribution is 2.39. The van der Waals surface area contributed by atoms with Crippen molar-refractivity contribution < 1.29 is 0 Å². The third-order valence-electron chi connectivity index (χ3n) is 2.54. The van der Waals surface area contributed by atoms with E-state index in [1.54, 1.807) is 0 Å². The van der Waals surface area contributed by atoms with Gasteiger partial charge in [-0.25, -0.2) is 0 Å². The zero-order valence-electron chi connectivity index (χ0n) is 7.48. The Hall–Kier alpha value is -1.27. The van der Waals surface area contributed by atoms with Gasteiger partial charge in [0.15, 0.2) is 0 Å². The fourth-order valence-electron chi connectivity index (χ4n) is 1.56. The Morgan fingerprint density at radius 1 is 1.69 bits per heavy atom. The van der Waals surface area contributed by atoms with E-state index in [9.17, 15) is 0 Å². The maximum Gasteiger partial charge on any atom is 0.109 e. The molecule has 1 aliphatic rings. The van der Waals surface area contributed by atoms with E-state index >= 15 is 0 Å². The van der Waals surface area contributed by atoms with E-state index in [2.05, 4.69) is 6.07 Å². The van der Waals surface area contributed by atoms with Gasteiger partial charge in [-0.2, -0.15) is 5.26 Å². The van der Waals surface area contributed by atoms with Gasteiger partial charge in [0, 0.05) is 18.4 Å². The highest BCUT2D eigenvalue weighted by Gasteiger charge is 2.29. The minimum atomic E-state index is 0.181. The molecule has 0 bridgehead atoms. The van der Waals surface area contributed by atoms with Crippen LogP contribution in [0.3, 0.4) is 0 Å². The lowest BCUT2D eigenvalue weighted by Crippen LogP contribution is -2.11. The number of hydrogen-bond donors (Lipinski definition) is 1. The summed E-state index contributed by atoms with van der Waals surface area (Å²) in [4.78, 5) is 0. The molecule has 3 heteroatoms. The normalized spacial score (nSPS) is 18.2. The molecule has 1 atom stereocenters. The molecule has 0 aliphatic heterocycles. The lowest BCUT2D eigenvalue weighted by molar-refractivity contribution is 0.631. The van der Waals surface area contributed by atoms with Crippen LogP contribution >= 0.6 is 0 Å². The standard InChI is InChI=1S/C10H13N3/c11-4-6-13-5-3-9(7-13)10(12)8-1-2-8/h3,5,7-8,10H,1-2,6,12H2. The van der Waals surface area contributed by atoms with E-state index < -0.39 is 0 Å². The topological polar surface area (TPSA) is 54.7 Å². The van der Waals surface area contributed by atoms with Crippen LogP contribution in [-0.4, -0.2) is 4.57 Å². The number of aromatic nitrogens is 1. The van der Waals surface area contributed by atoms with Gasteiger partial charge in [-0.15, -0.1) is 0 Å². The number of hydrogen-bond acceptors (Lipinski definition) is 2. The Morgan fingerprint density at radius 3 is 3.08 bits per heavy atom. The third-order valence-corrected chi connectivity index (χ3v) is 2.54. The zero-order valence-corrected chi connectivity index (χ0v) is 7.48. The summed E-state index contributed by atoms with van der Waals surface area (Å²) >= 11 is 0. The molecule has 1 aromatic heterocycles. The molecule has 1 unspecified atom stereocenters. The fourth-order valence-corrected chi connectivity index (χ4v) is 1.56. The molecule has 13 heavy (non-hydrogen) atoms. The average molecular weight is 175 g/mol. The molecule has 1 saturated carbocycles. The minimum Gasteiger partial charge on any atom is -0.340 e. The van der Waals surface area contributed by atoms with E-state index in [0.717, 1.165) is 5.56 Å². The van der Waals surface area contributed by atoms with Gasteiger partial charge in [0.05, 0.1) is 6.07 Å². The van der Waals surface area contributed by atoms with Crippen molar-refractivity contribution in [3.8, 4) is 6.07 Å². The van der Waals surface area contributed by atoms with Crippen molar-refractivity contribution >= 4 is 0 Å². The minimum absolute atomic E-state index is 0.181. The number of nitrogens with zero attached hydrogens (tertiary/aromatic N) is 2. The predicted molar refractivity (Wildman–Crippen MR) is 49.7 cm³/mol. The van der Waals surface area contributed by atoms with Crippen LogP contribution in [0.25, 0.3) is 0 Å². The second-order valence-corrected chi connectivity index (χ2v) is 3.64. The molecule has 68 valence electrons. The fraction of sp³-hybridized carbons (Fsp3) is 0.500. The van der Waals surface area contributed by atoms with Crippen LogP contribution in [-0.2, 0) is 6.54 Å². The quantitative estimate of drug-likeness (QED) is 0.755. The smallest absolute Gasteiger partial charge is 0.109 e. The Morgan fingerprint density at radius 2 is 2.46 bits per heavy atom. The third kappa shape index (κ3) is 1.73. The lowest BCUT2D eigenvalue weighted by atomic mass is 10.1. The molecule has 1 aromatic rings. The van der Waals surface area contributed by atoms with Crippen LogP contribution in [0.4, 0.5) is 0 Å². The summed E-state index contributed by atoms with van der Waals surface area (Å²) in [5.74, 6) is 0.679. The van der Waals surface area contributed by atoms with Gasteiger partial charge >= 0.3 is 0 Å². The largest absolute Gasteiger partial charge is 0.340 e. The van der Waals surface area contributed by atoms with E-state index in [1.807, 2.05) is 23.0 Å². The first-order chi connectivity index (χ1) is 6.31. The Labute approximate surface area is 77.8 Å². The van der Waals surface area contributed by atoms with Crippen LogP contribution in [0.1, 0.15) is 24.4 Å². The van der Waals surface area contributed by atoms with Crippen LogP contribution in [0.15, 0.2) is 18.5 Å². The van der Waals surface area contributed by atoms with Gasteiger partial charge in [0.1, 0.15) is 6.54 Å². The van der Waals surface area contributed by atoms with Crippen molar-refractivity contribution in [3.05, 3.63) is 24.0 Å². The van der Waals surface area contributed by atoms with E-state index in [4.69, 9.17) is 11.0 Å². The molecule has 0 aromatic carbocycles. The van der Waals surface area contributed by atoms with Crippen molar-refractivity contribution in [1.82, 2.24) is 4.57 Å². The van der Waals surface area contributed by atoms with Crippen LogP contribution in [0, 0.1) is 17.2 Å². The van der Waals surface area contributed by atoms with Gasteiger partial charge in [-0.1, -0.05) is 0 Å². The monoisotopic (exact) mass is 175 g/mol. The predicted octanol–water partition coefficient (Wildman–Crippen LogP) is 1.42. The van der Waals surface area contributed by atoms with Crippen LogP contribution in [0.2, 0.25) is 0 Å². The molecular weight excluding hydrogens is 162 g/mol. The summed E-state index contributed by atoms with van der Waals surface area (Å²) in [6.45, 7) is 0.414. The first-order valence-corrected chi connectivity index (χ1v) is 4.59. The maximum absolute atomic E-state index is 8.49. The molecule has 0 radical (unpaired) electrons. The van der Waals surface area contributed by atoms with E-state index in [0.29, 0.717) is 12.5 Å². The maximum atomic E-state index is 8.49. The SMILES string of the molecule is N#CCn1ccc(C(N)C2CC2)c1. The molecule has 0 saturated heterocycles. The van der Waals surface area contributed by atoms with Gasteiger partial charge in [-0.3, -0.25) is 0 Å². The summed E-state index contributed by atoms with van der Waals surface area (Å²) in [6, 6.07) is 4.30. The van der Waals surface area contributed by atoms with Crippen molar-refractivity contribution in [3.63, 3.8) is 0 Å². The first-order valence-electron chi connectivity index (χ1n) is 4.59. The summed E-state index contributed by atoms with van der Waals surface area (Å²) in [5, 5.41) is 8.49. The number of rotatable bonds is 3. The molecule has 0 amide bonds. The van der Waals surface area contributed by atoms with E-state index in [-0.39, 0.29) is 6.04 Å². The molecule has 2 N–H and O–H groups in total. The summed E-state index contributed by atoms with van der Waals surface area (Å²) in [7, 11) is 0. The van der Waals surface area contributed by atoms with Gasteiger partial charge in [0.25, 0.3) is 0 Å². The van der Waals surface area contributed by atoms with Crippen molar-refractivity contribution in [2.45, 2.75) is 25.4 Å². The van der Waals surface area contributed by atoms with Crippen molar-refractivity contribution in [1.29, 1.82) is 5.26 Å². The van der Waals surface area contributed by atoms with Gasteiger partial charge < -0.3 is 10.3 Å². The lowest BCUT2D eigenvalue weighted by Gasteiger charge is -2.06. The van der Waals surface area contributed by atoms with Gasteiger partial charge in [0.2, 0.25) is 0 Å². The highest BCUT2D eigenvalue weighted by molar-refractivity contribution is 5.17. The second-order valence-electron chi connectivity index (χ2n) is 3.64. The molecule has 3 nitrogen and oxygen atoms in total. The van der Waals surface area contributed by atoms with E-state index in [1.165, 1.54) is 12.8 Å². The molecular formula is C10H13N3. The molecule has 1 aliphatic carbocycles. The Bertz CT molecular complexity index is 330.